The molecule has 0 bridgehead atoms. The first-order chi connectivity index (χ1) is 24.4. The van der Waals surface area contributed by atoms with Crippen LogP contribution < -0.4 is 0 Å². The van der Waals surface area contributed by atoms with Gasteiger partial charge in [-0.15, -0.1) is 0 Å². The highest BCUT2D eigenvalue weighted by atomic mass is 15.0. The number of hydrogen-bond acceptors (Lipinski definition) is 3. The van der Waals surface area contributed by atoms with E-state index in [1.165, 1.54) is 55.2 Å². The molecule has 0 aliphatic heterocycles. The summed E-state index contributed by atoms with van der Waals surface area (Å²) < 4.78 is 2.36. The van der Waals surface area contributed by atoms with Gasteiger partial charge >= 0.3 is 0 Å². The smallest absolute Gasteiger partial charge is 0.164 e. The van der Waals surface area contributed by atoms with Crippen molar-refractivity contribution < 1.29 is 0 Å². The fourth-order valence-corrected chi connectivity index (χ4v) is 7.61. The summed E-state index contributed by atoms with van der Waals surface area (Å²) in [6.45, 7) is 12.7. The van der Waals surface area contributed by atoms with Gasteiger partial charge < -0.3 is 4.57 Å². The van der Waals surface area contributed by atoms with E-state index in [-0.39, 0.29) is 5.41 Å². The number of allylic oxidation sites excluding steroid dienone is 2. The summed E-state index contributed by atoms with van der Waals surface area (Å²) in [4.78, 5) is 14.8. The van der Waals surface area contributed by atoms with Crippen LogP contribution in [0.5, 0.6) is 0 Å². The molecule has 1 aliphatic carbocycles. The van der Waals surface area contributed by atoms with Gasteiger partial charge in [0.1, 0.15) is 0 Å². The average molecular weight is 643 g/mol. The highest BCUT2D eigenvalue weighted by Gasteiger charge is 2.37. The van der Waals surface area contributed by atoms with E-state index in [4.69, 9.17) is 15.0 Å². The molecule has 0 N–H and O–H groups in total. The lowest BCUT2D eigenvalue weighted by Crippen LogP contribution is -2.15. The Morgan fingerprint density at radius 1 is 0.580 bits per heavy atom. The quantitative estimate of drug-likeness (QED) is 0.170. The molecular weight excluding hydrogens is 609 g/mol. The zero-order valence-corrected chi connectivity index (χ0v) is 28.1. The predicted molar refractivity (Wildman–Crippen MR) is 207 cm³/mol. The summed E-state index contributed by atoms with van der Waals surface area (Å²) in [5.74, 6) is 1.77. The first-order valence-corrected chi connectivity index (χ1v) is 16.9. The Hall–Kier alpha value is -6.39. The van der Waals surface area contributed by atoms with Gasteiger partial charge in [-0.25, -0.2) is 15.0 Å². The van der Waals surface area contributed by atoms with Crippen molar-refractivity contribution in [2.45, 2.75) is 19.3 Å². The van der Waals surface area contributed by atoms with Crippen molar-refractivity contribution in [1.29, 1.82) is 0 Å². The van der Waals surface area contributed by atoms with Crippen LogP contribution in [0, 0.1) is 0 Å². The van der Waals surface area contributed by atoms with Crippen molar-refractivity contribution in [3.63, 3.8) is 0 Å². The van der Waals surface area contributed by atoms with E-state index in [2.05, 4.69) is 141 Å². The molecule has 0 atom stereocenters. The molecular formula is C46H34N4. The van der Waals surface area contributed by atoms with Crippen LogP contribution in [0.2, 0.25) is 0 Å². The maximum absolute atomic E-state index is 5.03. The Morgan fingerprint density at radius 2 is 1.26 bits per heavy atom. The highest BCUT2D eigenvalue weighted by molar-refractivity contribution is 6.10. The molecule has 4 nitrogen and oxygen atoms in total. The molecule has 1 aliphatic rings. The molecule has 50 heavy (non-hydrogen) atoms. The van der Waals surface area contributed by atoms with E-state index >= 15 is 0 Å². The lowest BCUT2D eigenvalue weighted by Gasteiger charge is -2.22. The number of hydrogen-bond donors (Lipinski definition) is 0. The molecule has 8 aromatic rings. The van der Waals surface area contributed by atoms with E-state index in [1.54, 1.807) is 6.08 Å². The third-order valence-corrected chi connectivity index (χ3v) is 10.2. The second-order valence-electron chi connectivity index (χ2n) is 13.4. The number of benzene rings is 6. The molecule has 0 fully saturated rings. The summed E-state index contributed by atoms with van der Waals surface area (Å²) >= 11 is 0. The summed E-state index contributed by atoms with van der Waals surface area (Å²) in [6.07, 6.45) is 1.69. The second-order valence-corrected chi connectivity index (χ2v) is 13.4. The van der Waals surface area contributed by atoms with Crippen LogP contribution in [0.25, 0.3) is 78.1 Å². The Morgan fingerprint density at radius 3 is 2.06 bits per heavy atom. The van der Waals surface area contributed by atoms with Crippen LogP contribution in [0.4, 0.5) is 0 Å². The molecule has 9 rings (SSSR count). The third-order valence-electron chi connectivity index (χ3n) is 10.2. The maximum atomic E-state index is 5.03. The van der Waals surface area contributed by atoms with E-state index in [1.807, 2.05) is 30.3 Å². The Balaban J connectivity index is 1.19. The lowest BCUT2D eigenvalue weighted by molar-refractivity contribution is 0.660. The summed E-state index contributed by atoms with van der Waals surface area (Å²) in [5, 5.41) is 2.49. The molecule has 2 aromatic heterocycles. The van der Waals surface area contributed by atoms with Crippen LogP contribution in [0.3, 0.4) is 0 Å². The van der Waals surface area contributed by atoms with Gasteiger partial charge in [-0.05, 0) is 69.8 Å². The monoisotopic (exact) mass is 642 g/mol. The van der Waals surface area contributed by atoms with Crippen LogP contribution >= 0.6 is 0 Å². The minimum absolute atomic E-state index is 0.229. The van der Waals surface area contributed by atoms with E-state index in [0.717, 1.165) is 16.8 Å². The normalized spacial score (nSPS) is 12.9. The average Bonchev–Trinajstić information content (AvgIpc) is 3.62. The molecule has 4 heteroatoms. The third kappa shape index (κ3) is 4.56. The van der Waals surface area contributed by atoms with E-state index in [0.29, 0.717) is 23.0 Å². The van der Waals surface area contributed by atoms with Gasteiger partial charge in [-0.3, -0.25) is 0 Å². The SMILES string of the molecule is C=CC(=C)c1nc(-c2ccccc2)nc(-c2cccc3c2-c2ccc(-c4ccc5c(c4)c4ccccc4n5-c4ccccc4)cc2C3(C)C)n1. The second kappa shape index (κ2) is 11.4. The zero-order chi connectivity index (χ0) is 34.0. The first-order valence-electron chi connectivity index (χ1n) is 16.9. The Labute approximate surface area is 291 Å². The van der Waals surface area contributed by atoms with Gasteiger partial charge in [0.2, 0.25) is 0 Å². The van der Waals surface area contributed by atoms with Gasteiger partial charge in [-0.1, -0.05) is 136 Å². The predicted octanol–water partition coefficient (Wildman–Crippen LogP) is 11.5. The molecule has 0 spiro atoms. The van der Waals surface area contributed by atoms with Crippen molar-refractivity contribution in [3.8, 4) is 50.7 Å². The summed E-state index contributed by atoms with van der Waals surface area (Å²) in [6, 6.07) is 49.6. The molecule has 2 heterocycles. The van der Waals surface area contributed by atoms with Crippen molar-refractivity contribution in [2.24, 2.45) is 0 Å². The van der Waals surface area contributed by atoms with Gasteiger partial charge in [-0.2, -0.15) is 0 Å². The molecule has 0 radical (unpaired) electrons. The Bertz CT molecular complexity index is 2650. The summed E-state index contributed by atoms with van der Waals surface area (Å²) in [7, 11) is 0. The number of nitrogens with zero attached hydrogens (tertiary/aromatic N) is 4. The summed E-state index contributed by atoms with van der Waals surface area (Å²) in [5.41, 5.74) is 13.2. The number of fused-ring (bicyclic) bond motifs is 6. The minimum atomic E-state index is -0.229. The number of para-hydroxylation sites is 2. The Kier molecular flexibility index (Phi) is 6.75. The van der Waals surface area contributed by atoms with Gasteiger partial charge in [0.05, 0.1) is 11.0 Å². The van der Waals surface area contributed by atoms with Gasteiger partial charge in [0.15, 0.2) is 17.5 Å². The van der Waals surface area contributed by atoms with E-state index < -0.39 is 0 Å². The molecule has 6 aromatic carbocycles. The van der Waals surface area contributed by atoms with Crippen molar-refractivity contribution in [3.05, 3.63) is 176 Å². The van der Waals surface area contributed by atoms with Crippen LogP contribution in [0.1, 0.15) is 30.8 Å². The number of rotatable bonds is 6. The molecule has 0 amide bonds. The van der Waals surface area contributed by atoms with Crippen molar-refractivity contribution >= 4 is 27.4 Å². The lowest BCUT2D eigenvalue weighted by atomic mass is 9.81. The molecule has 0 saturated heterocycles. The maximum Gasteiger partial charge on any atom is 0.164 e. The fourth-order valence-electron chi connectivity index (χ4n) is 7.61. The fraction of sp³-hybridized carbons (Fsp3) is 0.0652. The topological polar surface area (TPSA) is 43.6 Å². The van der Waals surface area contributed by atoms with Gasteiger partial charge in [0, 0.05) is 38.6 Å². The molecule has 0 unspecified atom stereocenters. The molecule has 0 saturated carbocycles. The minimum Gasteiger partial charge on any atom is -0.309 e. The van der Waals surface area contributed by atoms with Crippen LogP contribution in [-0.2, 0) is 5.41 Å². The zero-order valence-electron chi connectivity index (χ0n) is 28.1. The van der Waals surface area contributed by atoms with Crippen molar-refractivity contribution in [1.82, 2.24) is 19.5 Å². The highest BCUT2D eigenvalue weighted by Crippen LogP contribution is 2.52. The van der Waals surface area contributed by atoms with Crippen LogP contribution in [0.15, 0.2) is 159 Å². The van der Waals surface area contributed by atoms with Crippen LogP contribution in [-0.4, -0.2) is 19.5 Å². The van der Waals surface area contributed by atoms with Crippen molar-refractivity contribution in [2.75, 3.05) is 0 Å². The number of aromatic nitrogens is 4. The van der Waals surface area contributed by atoms with E-state index in [9.17, 15) is 0 Å². The molecule has 238 valence electrons. The largest absolute Gasteiger partial charge is 0.309 e. The first kappa shape index (κ1) is 29.7. The standard InChI is InChI=1S/C46H34N4/c1-5-29(2)43-47-44(30-15-8-6-9-16-30)49-45(48-43)36-20-14-21-38-42(36)35-25-23-32(28-39(35)46(38,3)4)31-24-26-41-37(27-31)34-19-12-13-22-40(34)50(41)33-17-10-7-11-18-33/h5-28H,1-2H2,3-4H3. The van der Waals surface area contributed by atoms with Gasteiger partial charge in [0.25, 0.3) is 0 Å².